The molecule has 4 rings (SSSR count). The third-order valence-electron chi connectivity index (χ3n) is 5.20. The Morgan fingerprint density at radius 1 is 1.20 bits per heavy atom. The molecule has 25 heavy (non-hydrogen) atoms. The molecule has 1 N–H and O–H groups in total. The maximum absolute atomic E-state index is 13.7. The van der Waals surface area contributed by atoms with Crippen LogP contribution in [0.5, 0.6) is 0 Å². The molecule has 128 valence electrons. The molecule has 1 aliphatic carbocycles. The van der Waals surface area contributed by atoms with Crippen molar-refractivity contribution in [1.82, 2.24) is 9.88 Å². The Bertz CT molecular complexity index is 944. The Hall–Kier alpha value is -2.62. The van der Waals surface area contributed by atoms with E-state index in [1.165, 1.54) is 28.2 Å². The number of aromatic nitrogens is 1. The molecule has 1 unspecified atom stereocenters. The molecular formula is C21H21FN2O. The highest BCUT2D eigenvalue weighted by atomic mass is 19.1. The number of nitrogens with zero attached hydrogens (tertiary/aromatic N) is 1. The standard InChI is InChI=1S/C21H21FN2O/c1-24-19-9-5-3-7-16(19)17-13-15(10-11-20(17)24)23-21(25)12-14-6-2-4-8-18(14)22/h2-9,15H,10-13H2,1H3,(H,23,25). The average molecular weight is 336 g/mol. The number of para-hydroxylation sites is 1. The SMILES string of the molecule is Cn1c2c(c3ccccc31)CC(NC(=O)Cc1ccccc1F)CC2. The van der Waals surface area contributed by atoms with E-state index in [1.54, 1.807) is 18.2 Å². The van der Waals surface area contributed by atoms with Crippen LogP contribution in [0, 0.1) is 5.82 Å². The zero-order valence-electron chi connectivity index (χ0n) is 14.3. The van der Waals surface area contributed by atoms with Crippen molar-refractivity contribution in [2.45, 2.75) is 31.7 Å². The lowest BCUT2D eigenvalue weighted by molar-refractivity contribution is -0.121. The number of benzene rings is 2. The Morgan fingerprint density at radius 2 is 1.96 bits per heavy atom. The minimum Gasteiger partial charge on any atom is -0.353 e. The molecule has 0 aliphatic heterocycles. The topological polar surface area (TPSA) is 34.0 Å². The molecule has 4 heteroatoms. The third kappa shape index (κ3) is 2.93. The minimum absolute atomic E-state index is 0.0889. The normalized spacial score (nSPS) is 16.6. The molecule has 0 spiro atoms. The summed E-state index contributed by atoms with van der Waals surface area (Å²) in [5, 5.41) is 4.37. The van der Waals surface area contributed by atoms with Crippen LogP contribution in [0.4, 0.5) is 4.39 Å². The van der Waals surface area contributed by atoms with E-state index in [1.807, 2.05) is 0 Å². The number of aryl methyl sites for hydroxylation is 1. The van der Waals surface area contributed by atoms with E-state index in [0.29, 0.717) is 5.56 Å². The van der Waals surface area contributed by atoms with Gasteiger partial charge in [0.1, 0.15) is 5.82 Å². The number of rotatable bonds is 3. The van der Waals surface area contributed by atoms with Gasteiger partial charge in [-0.15, -0.1) is 0 Å². The summed E-state index contributed by atoms with van der Waals surface area (Å²) in [6.07, 6.45) is 2.79. The van der Waals surface area contributed by atoms with Gasteiger partial charge in [0.05, 0.1) is 6.42 Å². The molecular weight excluding hydrogens is 315 g/mol. The highest BCUT2D eigenvalue weighted by molar-refractivity contribution is 5.86. The van der Waals surface area contributed by atoms with Gasteiger partial charge in [0.2, 0.25) is 5.91 Å². The van der Waals surface area contributed by atoms with E-state index in [9.17, 15) is 9.18 Å². The maximum atomic E-state index is 13.7. The Labute approximate surface area is 146 Å². The fourth-order valence-electron chi connectivity index (χ4n) is 3.95. The van der Waals surface area contributed by atoms with Crippen LogP contribution in [0.2, 0.25) is 0 Å². The molecule has 0 saturated heterocycles. The van der Waals surface area contributed by atoms with Gasteiger partial charge >= 0.3 is 0 Å². The predicted molar refractivity (Wildman–Crippen MR) is 97.0 cm³/mol. The molecule has 0 saturated carbocycles. The highest BCUT2D eigenvalue weighted by Gasteiger charge is 2.25. The first-order chi connectivity index (χ1) is 12.1. The summed E-state index contributed by atoms with van der Waals surface area (Å²) in [6.45, 7) is 0. The van der Waals surface area contributed by atoms with E-state index in [4.69, 9.17) is 0 Å². The molecule has 1 atom stereocenters. The Morgan fingerprint density at radius 3 is 2.80 bits per heavy atom. The number of hydrogen-bond acceptors (Lipinski definition) is 1. The Balaban J connectivity index is 1.50. The van der Waals surface area contributed by atoms with Crippen LogP contribution in [0.3, 0.4) is 0 Å². The van der Waals surface area contributed by atoms with Gasteiger partial charge in [0.25, 0.3) is 0 Å². The molecule has 2 aromatic carbocycles. The van der Waals surface area contributed by atoms with Gasteiger partial charge in [-0.3, -0.25) is 4.79 Å². The highest BCUT2D eigenvalue weighted by Crippen LogP contribution is 2.31. The molecule has 3 aromatic rings. The minimum atomic E-state index is -0.322. The van der Waals surface area contributed by atoms with Crippen molar-refractivity contribution in [2.24, 2.45) is 7.05 Å². The van der Waals surface area contributed by atoms with Crippen LogP contribution in [0.15, 0.2) is 48.5 Å². The molecule has 3 nitrogen and oxygen atoms in total. The summed E-state index contributed by atoms with van der Waals surface area (Å²) >= 11 is 0. The lowest BCUT2D eigenvalue weighted by atomic mass is 9.91. The summed E-state index contributed by atoms with van der Waals surface area (Å²) in [4.78, 5) is 12.3. The lowest BCUT2D eigenvalue weighted by Gasteiger charge is -2.24. The first-order valence-electron chi connectivity index (χ1n) is 8.71. The van der Waals surface area contributed by atoms with Gasteiger partial charge in [-0.1, -0.05) is 36.4 Å². The van der Waals surface area contributed by atoms with E-state index >= 15 is 0 Å². The fourth-order valence-corrected chi connectivity index (χ4v) is 3.95. The van der Waals surface area contributed by atoms with Gasteiger partial charge in [-0.2, -0.15) is 0 Å². The van der Waals surface area contributed by atoms with Crippen molar-refractivity contribution >= 4 is 16.8 Å². The van der Waals surface area contributed by atoms with E-state index < -0.39 is 0 Å². The van der Waals surface area contributed by atoms with Crippen molar-refractivity contribution < 1.29 is 9.18 Å². The van der Waals surface area contributed by atoms with Gasteiger partial charge in [-0.05, 0) is 42.5 Å². The fraction of sp³-hybridized carbons (Fsp3) is 0.286. The zero-order chi connectivity index (χ0) is 17.4. The van der Waals surface area contributed by atoms with E-state index in [0.717, 1.165) is 19.3 Å². The average Bonchev–Trinajstić information content (AvgIpc) is 2.90. The number of halogens is 1. The summed E-state index contributed by atoms with van der Waals surface area (Å²) in [6, 6.07) is 15.0. The van der Waals surface area contributed by atoms with Gasteiger partial charge in [0.15, 0.2) is 0 Å². The second-order valence-corrected chi connectivity index (χ2v) is 6.78. The third-order valence-corrected chi connectivity index (χ3v) is 5.20. The van der Waals surface area contributed by atoms with E-state index in [-0.39, 0.29) is 24.2 Å². The largest absolute Gasteiger partial charge is 0.353 e. The van der Waals surface area contributed by atoms with Crippen molar-refractivity contribution in [3.63, 3.8) is 0 Å². The number of fused-ring (bicyclic) bond motifs is 3. The zero-order valence-corrected chi connectivity index (χ0v) is 14.3. The number of carbonyl (C=O) groups excluding carboxylic acids is 1. The summed E-state index contributed by atoms with van der Waals surface area (Å²) in [5.41, 5.74) is 4.38. The van der Waals surface area contributed by atoms with Gasteiger partial charge in [-0.25, -0.2) is 4.39 Å². The summed E-state index contributed by atoms with van der Waals surface area (Å²) in [7, 11) is 2.11. The number of nitrogens with one attached hydrogen (secondary N) is 1. The van der Waals surface area contributed by atoms with Crippen molar-refractivity contribution in [3.8, 4) is 0 Å². The molecule has 0 radical (unpaired) electrons. The second-order valence-electron chi connectivity index (χ2n) is 6.78. The number of carbonyl (C=O) groups is 1. The first kappa shape index (κ1) is 15.9. The van der Waals surface area contributed by atoms with Crippen LogP contribution in [-0.4, -0.2) is 16.5 Å². The maximum Gasteiger partial charge on any atom is 0.224 e. The molecule has 1 heterocycles. The Kier molecular flexibility index (Phi) is 4.04. The monoisotopic (exact) mass is 336 g/mol. The van der Waals surface area contributed by atoms with Crippen LogP contribution in [0.1, 0.15) is 23.2 Å². The number of hydrogen-bond donors (Lipinski definition) is 1. The van der Waals surface area contributed by atoms with Crippen molar-refractivity contribution in [1.29, 1.82) is 0 Å². The second kappa shape index (κ2) is 6.36. The van der Waals surface area contributed by atoms with Crippen LogP contribution < -0.4 is 5.32 Å². The smallest absolute Gasteiger partial charge is 0.224 e. The predicted octanol–water partition coefficient (Wildman–Crippen LogP) is 3.53. The van der Waals surface area contributed by atoms with Crippen LogP contribution in [-0.2, 0) is 31.1 Å². The summed E-state index contributed by atoms with van der Waals surface area (Å²) in [5.74, 6) is -0.434. The molecule has 1 aliphatic rings. The van der Waals surface area contributed by atoms with Crippen LogP contribution >= 0.6 is 0 Å². The number of amides is 1. The molecule has 0 bridgehead atoms. The molecule has 1 amide bonds. The van der Waals surface area contributed by atoms with Gasteiger partial charge in [0, 0.05) is 29.7 Å². The molecule has 1 aromatic heterocycles. The van der Waals surface area contributed by atoms with E-state index in [2.05, 4.69) is 41.2 Å². The first-order valence-corrected chi connectivity index (χ1v) is 8.71. The lowest BCUT2D eigenvalue weighted by Crippen LogP contribution is -2.39. The quantitative estimate of drug-likeness (QED) is 0.780. The summed E-state index contributed by atoms with van der Waals surface area (Å²) < 4.78 is 16.0. The van der Waals surface area contributed by atoms with Gasteiger partial charge < -0.3 is 9.88 Å². The van der Waals surface area contributed by atoms with Crippen molar-refractivity contribution in [3.05, 3.63) is 71.2 Å². The van der Waals surface area contributed by atoms with Crippen LogP contribution in [0.25, 0.3) is 10.9 Å². The van der Waals surface area contributed by atoms with Crippen molar-refractivity contribution in [2.75, 3.05) is 0 Å². The molecule has 0 fully saturated rings.